The number of rotatable bonds is 24. The number of nitrogens with one attached hydrogen (secondary N) is 1. The van der Waals surface area contributed by atoms with E-state index in [1.54, 1.807) is 0 Å². The zero-order valence-corrected chi connectivity index (χ0v) is 24.1. The summed E-state index contributed by atoms with van der Waals surface area (Å²) < 4.78 is 2.50. The summed E-state index contributed by atoms with van der Waals surface area (Å²) in [6.45, 7) is 5.76. The number of aromatic amines is 1. The highest BCUT2D eigenvalue weighted by Gasteiger charge is 2.21. The number of hydrogen-bond acceptors (Lipinski definition) is 0. The average Bonchev–Trinajstić information content (AvgIpc) is 3.37. The van der Waals surface area contributed by atoms with Gasteiger partial charge in [0, 0.05) is 0 Å². The molecule has 204 valence electrons. The molecule has 2 aromatic rings. The molecule has 0 amide bonds. The van der Waals surface area contributed by atoms with Gasteiger partial charge < -0.3 is 0 Å². The summed E-state index contributed by atoms with van der Waals surface area (Å²) in [5.74, 6) is 2.15. The Morgan fingerprint density at radius 1 is 0.611 bits per heavy atom. The van der Waals surface area contributed by atoms with Crippen LogP contribution in [0.2, 0.25) is 0 Å². The molecule has 0 unspecified atom stereocenters. The summed E-state index contributed by atoms with van der Waals surface area (Å²) >= 11 is 0. The third-order valence-electron chi connectivity index (χ3n) is 7.93. The number of unbranched alkanes of at least 4 members (excludes halogenated alkanes) is 15. The lowest BCUT2D eigenvalue weighted by atomic mass is 9.95. The van der Waals surface area contributed by atoms with Crippen LogP contribution in [0.4, 0.5) is 0 Å². The van der Waals surface area contributed by atoms with Gasteiger partial charge in [0.1, 0.15) is 12.4 Å². The standard InChI is InChI=1S/C34H58N2/c1-3-5-6-7-8-9-10-11-12-13-14-15-16-17-18-22-28-33(24-4-2)34-35-29-31-36(34)30-23-27-32-25-20-19-21-26-32/h19-21,25-26,29,31,33H,3-18,22-24,27-28,30H2,1-2H3/p+1/t33-/m0/s1. The Kier molecular flexibility index (Phi) is 18.3. The second-order valence-electron chi connectivity index (χ2n) is 11.2. The van der Waals surface area contributed by atoms with Crippen molar-refractivity contribution in [3.8, 4) is 0 Å². The first-order chi connectivity index (χ1) is 17.8. The van der Waals surface area contributed by atoms with Gasteiger partial charge in [-0.05, 0) is 31.2 Å². The molecule has 2 rings (SSSR count). The van der Waals surface area contributed by atoms with E-state index in [1.807, 2.05) is 0 Å². The molecule has 2 heteroatoms. The van der Waals surface area contributed by atoms with Crippen LogP contribution in [0, 0.1) is 0 Å². The van der Waals surface area contributed by atoms with Gasteiger partial charge in [-0.3, -0.25) is 0 Å². The van der Waals surface area contributed by atoms with Crippen molar-refractivity contribution in [2.24, 2.45) is 0 Å². The second kappa shape index (κ2) is 21.5. The molecule has 2 nitrogen and oxygen atoms in total. The maximum absolute atomic E-state index is 3.61. The number of nitrogens with zero attached hydrogens (tertiary/aromatic N) is 1. The van der Waals surface area contributed by atoms with Gasteiger partial charge >= 0.3 is 0 Å². The van der Waals surface area contributed by atoms with Crippen LogP contribution in [0.5, 0.6) is 0 Å². The maximum Gasteiger partial charge on any atom is 0.257 e. The van der Waals surface area contributed by atoms with Crippen LogP contribution in [0.15, 0.2) is 42.7 Å². The summed E-state index contributed by atoms with van der Waals surface area (Å²) in [4.78, 5) is 3.61. The monoisotopic (exact) mass is 495 g/mol. The van der Waals surface area contributed by atoms with Gasteiger partial charge in [0.25, 0.3) is 5.82 Å². The molecule has 0 radical (unpaired) electrons. The first kappa shape index (κ1) is 30.7. The molecule has 0 saturated carbocycles. The van der Waals surface area contributed by atoms with Crippen LogP contribution in [0.3, 0.4) is 0 Å². The van der Waals surface area contributed by atoms with Crippen LogP contribution >= 0.6 is 0 Å². The summed E-state index contributed by atoms with van der Waals surface area (Å²) in [6, 6.07) is 10.9. The van der Waals surface area contributed by atoms with Gasteiger partial charge in [0.05, 0.1) is 12.5 Å². The van der Waals surface area contributed by atoms with Crippen molar-refractivity contribution in [1.82, 2.24) is 4.98 Å². The SMILES string of the molecule is CCCCCCCCCCCCCCCCCC[C@H](CCC)c1[nH]cc[n+]1CCCc1ccccc1. The van der Waals surface area contributed by atoms with E-state index in [0.29, 0.717) is 5.92 Å². The van der Waals surface area contributed by atoms with Crippen molar-refractivity contribution >= 4 is 0 Å². The lowest BCUT2D eigenvalue weighted by Crippen LogP contribution is -2.37. The Balaban J connectivity index is 1.50. The summed E-state index contributed by atoms with van der Waals surface area (Å²) in [6.07, 6.45) is 33.8. The number of benzene rings is 1. The van der Waals surface area contributed by atoms with Crippen molar-refractivity contribution in [2.75, 3.05) is 0 Å². The molecule has 0 aliphatic heterocycles. The second-order valence-corrected chi connectivity index (χ2v) is 11.2. The molecule has 1 atom stereocenters. The van der Waals surface area contributed by atoms with Crippen LogP contribution in [0.25, 0.3) is 0 Å². The summed E-state index contributed by atoms with van der Waals surface area (Å²) in [5.41, 5.74) is 1.45. The molecular weight excluding hydrogens is 436 g/mol. The van der Waals surface area contributed by atoms with Gasteiger partial charge in [-0.25, -0.2) is 9.55 Å². The highest BCUT2D eigenvalue weighted by molar-refractivity contribution is 5.14. The minimum atomic E-state index is 0.688. The van der Waals surface area contributed by atoms with E-state index < -0.39 is 0 Å². The van der Waals surface area contributed by atoms with E-state index in [0.717, 1.165) is 13.0 Å². The normalized spacial score (nSPS) is 12.3. The zero-order valence-electron chi connectivity index (χ0n) is 24.1. The van der Waals surface area contributed by atoms with Gasteiger partial charge in [0.2, 0.25) is 0 Å². The third kappa shape index (κ3) is 14.2. The Bertz CT molecular complexity index is 720. The molecule has 1 aromatic heterocycles. The molecule has 0 bridgehead atoms. The van der Waals surface area contributed by atoms with E-state index in [-0.39, 0.29) is 0 Å². The number of imidazole rings is 1. The molecule has 0 aliphatic carbocycles. The number of hydrogen-bond donors (Lipinski definition) is 1. The first-order valence-electron chi connectivity index (χ1n) is 16.0. The first-order valence-corrected chi connectivity index (χ1v) is 16.0. The van der Waals surface area contributed by atoms with Crippen LogP contribution < -0.4 is 4.57 Å². The lowest BCUT2D eigenvalue weighted by molar-refractivity contribution is -0.704. The summed E-state index contributed by atoms with van der Waals surface area (Å²) in [5, 5.41) is 0. The molecule has 1 N–H and O–H groups in total. The Hall–Kier alpha value is -1.57. The highest BCUT2D eigenvalue weighted by atomic mass is 15.1. The maximum atomic E-state index is 3.61. The Morgan fingerprint density at radius 3 is 1.72 bits per heavy atom. The Labute approximate surface area is 224 Å². The summed E-state index contributed by atoms with van der Waals surface area (Å²) in [7, 11) is 0. The molecule has 36 heavy (non-hydrogen) atoms. The van der Waals surface area contributed by atoms with Crippen molar-refractivity contribution in [3.63, 3.8) is 0 Å². The van der Waals surface area contributed by atoms with Gasteiger partial charge in [-0.2, -0.15) is 0 Å². The van der Waals surface area contributed by atoms with Crippen molar-refractivity contribution in [3.05, 3.63) is 54.1 Å². The zero-order chi connectivity index (χ0) is 25.5. The van der Waals surface area contributed by atoms with E-state index >= 15 is 0 Å². The van der Waals surface area contributed by atoms with Crippen molar-refractivity contribution < 1.29 is 4.57 Å². The van der Waals surface area contributed by atoms with Gasteiger partial charge in [0.15, 0.2) is 0 Å². The minimum absolute atomic E-state index is 0.688. The molecule has 1 heterocycles. The average molecular weight is 496 g/mol. The van der Waals surface area contributed by atoms with Gasteiger partial charge in [-0.1, -0.05) is 153 Å². The van der Waals surface area contributed by atoms with Crippen LogP contribution in [0.1, 0.15) is 160 Å². The van der Waals surface area contributed by atoms with Gasteiger partial charge in [-0.15, -0.1) is 0 Å². The Morgan fingerprint density at radius 2 is 1.17 bits per heavy atom. The smallest absolute Gasteiger partial charge is 0.247 e. The molecule has 0 saturated heterocycles. The highest BCUT2D eigenvalue weighted by Crippen LogP contribution is 2.24. The topological polar surface area (TPSA) is 19.7 Å². The van der Waals surface area contributed by atoms with Crippen LogP contribution in [-0.4, -0.2) is 4.98 Å². The van der Waals surface area contributed by atoms with E-state index in [1.165, 1.54) is 140 Å². The fourth-order valence-corrected chi connectivity index (χ4v) is 5.73. The predicted octanol–water partition coefficient (Wildman–Crippen LogP) is 10.5. The van der Waals surface area contributed by atoms with E-state index in [2.05, 4.69) is 66.1 Å². The lowest BCUT2D eigenvalue weighted by Gasteiger charge is -2.13. The molecule has 0 fully saturated rings. The van der Waals surface area contributed by atoms with E-state index in [9.17, 15) is 0 Å². The van der Waals surface area contributed by atoms with Crippen molar-refractivity contribution in [2.45, 2.75) is 161 Å². The number of aromatic nitrogens is 2. The van der Waals surface area contributed by atoms with Crippen LogP contribution in [-0.2, 0) is 13.0 Å². The largest absolute Gasteiger partial charge is 0.257 e. The molecule has 0 spiro atoms. The number of aryl methyl sites for hydroxylation is 2. The molecular formula is C34H59N2+. The fourth-order valence-electron chi connectivity index (χ4n) is 5.73. The number of H-pyrrole nitrogens is 1. The molecule has 1 aromatic carbocycles. The molecule has 0 aliphatic rings. The van der Waals surface area contributed by atoms with E-state index in [4.69, 9.17) is 0 Å². The third-order valence-corrected chi connectivity index (χ3v) is 7.93. The quantitative estimate of drug-likeness (QED) is 0.110. The predicted molar refractivity (Wildman–Crippen MR) is 158 cm³/mol. The van der Waals surface area contributed by atoms with Crippen molar-refractivity contribution in [1.29, 1.82) is 0 Å². The fraction of sp³-hybridized carbons (Fsp3) is 0.735. The minimum Gasteiger partial charge on any atom is -0.247 e.